The Morgan fingerprint density at radius 3 is 2.30 bits per heavy atom. The van der Waals surface area contributed by atoms with Crippen LogP contribution < -0.4 is 14.8 Å². The van der Waals surface area contributed by atoms with Gasteiger partial charge in [0.1, 0.15) is 5.75 Å². The van der Waals surface area contributed by atoms with Crippen molar-refractivity contribution in [3.05, 3.63) is 58.7 Å². The third kappa shape index (κ3) is 6.55. The first-order valence-corrected chi connectivity index (χ1v) is 11.2. The summed E-state index contributed by atoms with van der Waals surface area (Å²) in [4.78, 5) is 12.4. The SMILES string of the molecule is COCCNS(=O)(=O)c1ccc(OCC(=O)N[C@@H](C)c2cc(C)c(C)cc2C)cc1. The van der Waals surface area contributed by atoms with Gasteiger partial charge in [0.05, 0.1) is 17.5 Å². The number of methoxy groups -OCH3 is 1. The number of rotatable bonds is 10. The summed E-state index contributed by atoms with van der Waals surface area (Å²) in [6, 6.07) is 9.97. The molecule has 2 N–H and O–H groups in total. The Bertz CT molecular complexity index is 972. The monoisotopic (exact) mass is 434 g/mol. The number of aryl methyl sites for hydroxylation is 3. The average Bonchev–Trinajstić information content (AvgIpc) is 2.69. The molecule has 0 aliphatic rings. The zero-order valence-electron chi connectivity index (χ0n) is 18.1. The summed E-state index contributed by atoms with van der Waals surface area (Å²) in [6.45, 7) is 8.39. The van der Waals surface area contributed by atoms with E-state index >= 15 is 0 Å². The molecule has 8 heteroatoms. The van der Waals surface area contributed by atoms with E-state index < -0.39 is 10.0 Å². The highest BCUT2D eigenvalue weighted by Crippen LogP contribution is 2.22. The Balaban J connectivity index is 1.91. The normalized spacial score (nSPS) is 12.4. The van der Waals surface area contributed by atoms with Crippen molar-refractivity contribution >= 4 is 15.9 Å². The Kier molecular flexibility index (Phi) is 8.40. The first kappa shape index (κ1) is 23.9. The van der Waals surface area contributed by atoms with Crippen molar-refractivity contribution in [3.63, 3.8) is 0 Å². The van der Waals surface area contributed by atoms with Gasteiger partial charge in [-0.15, -0.1) is 0 Å². The molecule has 0 aliphatic heterocycles. The molecule has 1 atom stereocenters. The molecule has 30 heavy (non-hydrogen) atoms. The number of hydrogen-bond donors (Lipinski definition) is 2. The molecule has 0 heterocycles. The number of ether oxygens (including phenoxy) is 2. The molecule has 0 aliphatic carbocycles. The number of sulfonamides is 1. The van der Waals surface area contributed by atoms with Gasteiger partial charge in [0.25, 0.3) is 5.91 Å². The van der Waals surface area contributed by atoms with Crippen LogP contribution in [0.5, 0.6) is 5.75 Å². The first-order chi connectivity index (χ1) is 14.1. The van der Waals surface area contributed by atoms with E-state index in [1.807, 2.05) is 20.8 Å². The van der Waals surface area contributed by atoms with Gasteiger partial charge in [-0.1, -0.05) is 12.1 Å². The van der Waals surface area contributed by atoms with E-state index in [9.17, 15) is 13.2 Å². The third-order valence-corrected chi connectivity index (χ3v) is 6.31. The first-order valence-electron chi connectivity index (χ1n) is 9.72. The van der Waals surface area contributed by atoms with Crippen molar-refractivity contribution in [2.24, 2.45) is 0 Å². The van der Waals surface area contributed by atoms with Crippen LogP contribution >= 0.6 is 0 Å². The molecule has 2 aromatic rings. The summed E-state index contributed by atoms with van der Waals surface area (Å²) < 4.78 is 37.1. The molecule has 0 saturated carbocycles. The van der Waals surface area contributed by atoms with Crippen LogP contribution in [0, 0.1) is 20.8 Å². The third-order valence-electron chi connectivity index (χ3n) is 4.83. The van der Waals surface area contributed by atoms with Gasteiger partial charge in [-0.2, -0.15) is 0 Å². The summed E-state index contributed by atoms with van der Waals surface area (Å²) in [5, 5.41) is 2.94. The summed E-state index contributed by atoms with van der Waals surface area (Å²) in [5.74, 6) is 0.161. The lowest BCUT2D eigenvalue weighted by molar-refractivity contribution is -0.123. The molecule has 2 rings (SSSR count). The van der Waals surface area contributed by atoms with Gasteiger partial charge in [0.15, 0.2) is 6.61 Å². The molecule has 1 amide bonds. The average molecular weight is 435 g/mol. The lowest BCUT2D eigenvalue weighted by Gasteiger charge is -2.18. The number of carbonyl (C=O) groups excluding carboxylic acids is 1. The lowest BCUT2D eigenvalue weighted by atomic mass is 9.96. The van der Waals surface area contributed by atoms with Crippen molar-refractivity contribution in [3.8, 4) is 5.75 Å². The second-order valence-electron chi connectivity index (χ2n) is 7.23. The van der Waals surface area contributed by atoms with Crippen LogP contribution in [0.1, 0.15) is 35.2 Å². The fourth-order valence-electron chi connectivity index (χ4n) is 3.04. The molecule has 164 valence electrons. The minimum Gasteiger partial charge on any atom is -0.484 e. The van der Waals surface area contributed by atoms with Crippen LogP contribution in [0.15, 0.2) is 41.3 Å². The molecular formula is C22H30N2O5S. The Morgan fingerprint density at radius 1 is 1.03 bits per heavy atom. The zero-order chi connectivity index (χ0) is 22.3. The Morgan fingerprint density at radius 2 is 1.67 bits per heavy atom. The summed E-state index contributed by atoms with van der Waals surface area (Å²) in [5.41, 5.74) is 4.60. The lowest BCUT2D eigenvalue weighted by Crippen LogP contribution is -2.31. The minimum atomic E-state index is -3.60. The van der Waals surface area contributed by atoms with Crippen LogP contribution in [0.25, 0.3) is 0 Å². The van der Waals surface area contributed by atoms with Crippen molar-refractivity contribution < 1.29 is 22.7 Å². The van der Waals surface area contributed by atoms with Gasteiger partial charge in [0, 0.05) is 13.7 Å². The predicted octanol–water partition coefficient (Wildman–Crippen LogP) is 2.79. The number of hydrogen-bond acceptors (Lipinski definition) is 5. The Hall–Kier alpha value is -2.42. The van der Waals surface area contributed by atoms with Crippen LogP contribution in [0.2, 0.25) is 0 Å². The molecule has 7 nitrogen and oxygen atoms in total. The molecule has 2 aromatic carbocycles. The highest BCUT2D eigenvalue weighted by molar-refractivity contribution is 7.89. The van der Waals surface area contributed by atoms with Gasteiger partial charge in [-0.3, -0.25) is 4.79 Å². The molecule has 0 radical (unpaired) electrons. The summed E-state index contributed by atoms with van der Waals surface area (Å²) in [6.07, 6.45) is 0. The second kappa shape index (κ2) is 10.6. The quantitative estimate of drug-likeness (QED) is 0.561. The molecule has 0 unspecified atom stereocenters. The van der Waals surface area contributed by atoms with Crippen LogP contribution in [0.4, 0.5) is 0 Å². The number of carbonyl (C=O) groups is 1. The fourth-order valence-corrected chi connectivity index (χ4v) is 4.05. The van der Waals surface area contributed by atoms with Crippen molar-refractivity contribution in [2.45, 2.75) is 38.6 Å². The Labute approximate surface area is 178 Å². The van der Waals surface area contributed by atoms with Gasteiger partial charge >= 0.3 is 0 Å². The van der Waals surface area contributed by atoms with Gasteiger partial charge in [-0.25, -0.2) is 13.1 Å². The van der Waals surface area contributed by atoms with Crippen molar-refractivity contribution in [1.82, 2.24) is 10.0 Å². The fraction of sp³-hybridized carbons (Fsp3) is 0.409. The smallest absolute Gasteiger partial charge is 0.258 e. The second-order valence-corrected chi connectivity index (χ2v) is 9.00. The zero-order valence-corrected chi connectivity index (χ0v) is 18.9. The highest BCUT2D eigenvalue weighted by atomic mass is 32.2. The van der Waals surface area contributed by atoms with E-state index in [1.54, 1.807) is 0 Å². The number of nitrogens with one attached hydrogen (secondary N) is 2. The van der Waals surface area contributed by atoms with E-state index in [1.165, 1.54) is 42.5 Å². The maximum Gasteiger partial charge on any atom is 0.258 e. The van der Waals surface area contributed by atoms with Crippen LogP contribution in [0.3, 0.4) is 0 Å². The predicted molar refractivity (Wildman–Crippen MR) is 116 cm³/mol. The maximum atomic E-state index is 12.3. The molecular weight excluding hydrogens is 404 g/mol. The van der Waals surface area contributed by atoms with Crippen LogP contribution in [-0.2, 0) is 19.6 Å². The summed E-state index contributed by atoms with van der Waals surface area (Å²) >= 11 is 0. The molecule has 0 saturated heterocycles. The van der Waals surface area contributed by atoms with Gasteiger partial charge < -0.3 is 14.8 Å². The maximum absolute atomic E-state index is 12.3. The van der Waals surface area contributed by atoms with E-state index in [2.05, 4.69) is 29.1 Å². The van der Waals surface area contributed by atoms with Gasteiger partial charge in [0.2, 0.25) is 10.0 Å². The van der Waals surface area contributed by atoms with Crippen molar-refractivity contribution in [2.75, 3.05) is 26.9 Å². The summed E-state index contributed by atoms with van der Waals surface area (Å²) in [7, 11) is -2.10. The topological polar surface area (TPSA) is 93.7 Å². The van der Waals surface area contributed by atoms with Crippen molar-refractivity contribution in [1.29, 1.82) is 0 Å². The van der Waals surface area contributed by atoms with Gasteiger partial charge in [-0.05, 0) is 74.2 Å². The molecule has 0 bridgehead atoms. The standard InChI is InChI=1S/C22H30N2O5S/c1-15-12-17(3)21(13-16(15)2)18(4)24-22(25)14-29-19-6-8-20(9-7-19)30(26,27)23-10-11-28-5/h6-9,12-13,18,23H,10-11,14H2,1-5H3,(H,24,25)/t18-/m0/s1. The van der Waals surface area contributed by atoms with E-state index in [4.69, 9.17) is 9.47 Å². The van der Waals surface area contributed by atoms with E-state index in [-0.39, 0.29) is 36.6 Å². The number of amides is 1. The minimum absolute atomic E-state index is 0.120. The largest absolute Gasteiger partial charge is 0.484 e. The highest BCUT2D eigenvalue weighted by Gasteiger charge is 2.15. The molecule has 0 aromatic heterocycles. The van der Waals surface area contributed by atoms with E-state index in [0.29, 0.717) is 5.75 Å². The molecule has 0 fully saturated rings. The van der Waals surface area contributed by atoms with E-state index in [0.717, 1.165) is 11.1 Å². The van der Waals surface area contributed by atoms with Crippen LogP contribution in [-0.4, -0.2) is 41.2 Å². The number of benzene rings is 2. The molecule has 0 spiro atoms.